The van der Waals surface area contributed by atoms with Crippen molar-refractivity contribution in [1.82, 2.24) is 4.98 Å². The predicted octanol–water partition coefficient (Wildman–Crippen LogP) is 3.01. The number of fused-ring (bicyclic) bond motifs is 1. The van der Waals surface area contributed by atoms with Gasteiger partial charge < -0.3 is 10.0 Å². The Labute approximate surface area is 119 Å². The molecule has 0 saturated heterocycles. The molecule has 0 spiro atoms. The lowest BCUT2D eigenvalue weighted by Gasteiger charge is -2.21. The summed E-state index contributed by atoms with van der Waals surface area (Å²) in [4.78, 5) is 17.5. The maximum atomic E-state index is 10.9. The van der Waals surface area contributed by atoms with Crippen molar-refractivity contribution >= 4 is 22.7 Å². The third-order valence-corrected chi connectivity index (χ3v) is 3.52. The predicted molar refractivity (Wildman–Crippen MR) is 81.3 cm³/mol. The highest BCUT2D eigenvalue weighted by molar-refractivity contribution is 5.84. The zero-order chi connectivity index (χ0) is 14.9. The highest BCUT2D eigenvalue weighted by atomic mass is 16.4. The van der Waals surface area contributed by atoms with E-state index in [4.69, 9.17) is 5.11 Å². The lowest BCUT2D eigenvalue weighted by atomic mass is 10.1. The van der Waals surface area contributed by atoms with Crippen LogP contribution < -0.4 is 4.90 Å². The van der Waals surface area contributed by atoms with E-state index in [9.17, 15) is 4.79 Å². The lowest BCUT2D eigenvalue weighted by molar-refractivity contribution is -0.140. The number of carbonyl (C=O) groups is 1. The Morgan fingerprint density at radius 1 is 1.35 bits per heavy atom. The Morgan fingerprint density at radius 2 is 2.05 bits per heavy atom. The van der Waals surface area contributed by atoms with Gasteiger partial charge in [0.25, 0.3) is 0 Å². The van der Waals surface area contributed by atoms with Crippen molar-refractivity contribution in [2.24, 2.45) is 5.92 Å². The Balaban J connectivity index is 2.37. The molecule has 20 heavy (non-hydrogen) atoms. The van der Waals surface area contributed by atoms with E-state index in [0.29, 0.717) is 6.54 Å². The van der Waals surface area contributed by atoms with Crippen molar-refractivity contribution in [3.63, 3.8) is 0 Å². The van der Waals surface area contributed by atoms with Gasteiger partial charge in [-0.25, -0.2) is 4.98 Å². The molecule has 1 aromatic heterocycles. The van der Waals surface area contributed by atoms with Crippen LogP contribution in [0.1, 0.15) is 18.1 Å². The first-order valence-corrected chi connectivity index (χ1v) is 6.70. The largest absolute Gasteiger partial charge is 0.481 e. The molecule has 0 amide bonds. The van der Waals surface area contributed by atoms with Crippen LogP contribution in [0.2, 0.25) is 0 Å². The molecule has 106 valence electrons. The van der Waals surface area contributed by atoms with E-state index in [1.807, 2.05) is 24.9 Å². The Bertz CT molecular complexity index is 652. The van der Waals surface area contributed by atoms with E-state index in [2.05, 4.69) is 30.1 Å². The number of aryl methyl sites for hydroxylation is 2. The number of nitrogens with zero attached hydrogens (tertiary/aromatic N) is 2. The van der Waals surface area contributed by atoms with E-state index < -0.39 is 11.9 Å². The van der Waals surface area contributed by atoms with Gasteiger partial charge in [-0.1, -0.05) is 19.1 Å². The van der Waals surface area contributed by atoms with E-state index in [1.54, 1.807) is 6.92 Å². The molecule has 0 bridgehead atoms. The minimum absolute atomic E-state index is 0.421. The first kappa shape index (κ1) is 14.3. The van der Waals surface area contributed by atoms with Crippen LogP contribution in [0.4, 0.5) is 5.82 Å². The molecule has 4 nitrogen and oxygen atoms in total. The summed E-state index contributed by atoms with van der Waals surface area (Å²) in [7, 11) is 1.88. The van der Waals surface area contributed by atoms with Crippen molar-refractivity contribution < 1.29 is 9.90 Å². The topological polar surface area (TPSA) is 53.4 Å². The van der Waals surface area contributed by atoms with E-state index in [1.165, 1.54) is 5.56 Å². The molecular weight excluding hydrogens is 252 g/mol. The minimum Gasteiger partial charge on any atom is -0.481 e. The van der Waals surface area contributed by atoms with Crippen molar-refractivity contribution in [3.05, 3.63) is 35.4 Å². The quantitative estimate of drug-likeness (QED) is 0.929. The fraction of sp³-hybridized carbons (Fsp3) is 0.375. The number of aliphatic carboxylic acids is 1. The number of anilines is 1. The first-order valence-electron chi connectivity index (χ1n) is 6.70. The summed E-state index contributed by atoms with van der Waals surface area (Å²) in [6.45, 7) is 6.24. The summed E-state index contributed by atoms with van der Waals surface area (Å²) in [6, 6.07) is 8.22. The molecule has 1 atom stereocenters. The minimum atomic E-state index is -0.787. The number of aromatic nitrogens is 1. The van der Waals surface area contributed by atoms with Crippen LogP contribution in [0.3, 0.4) is 0 Å². The van der Waals surface area contributed by atoms with Gasteiger partial charge in [0.2, 0.25) is 0 Å². The van der Waals surface area contributed by atoms with E-state index >= 15 is 0 Å². The summed E-state index contributed by atoms with van der Waals surface area (Å²) < 4.78 is 0. The number of hydrogen-bond donors (Lipinski definition) is 1. The maximum absolute atomic E-state index is 10.9. The molecule has 2 rings (SSSR count). The molecule has 0 saturated carbocycles. The van der Waals surface area contributed by atoms with Crippen molar-refractivity contribution in [3.8, 4) is 0 Å². The summed E-state index contributed by atoms with van der Waals surface area (Å²) in [5.74, 6) is -0.394. The third kappa shape index (κ3) is 2.90. The number of carboxylic acids is 1. The van der Waals surface area contributed by atoms with Crippen molar-refractivity contribution in [2.75, 3.05) is 18.5 Å². The molecule has 0 radical (unpaired) electrons. The maximum Gasteiger partial charge on any atom is 0.308 e. The molecule has 0 aliphatic rings. The fourth-order valence-electron chi connectivity index (χ4n) is 2.27. The normalized spacial score (nSPS) is 12.4. The summed E-state index contributed by atoms with van der Waals surface area (Å²) in [5, 5.41) is 10.1. The average molecular weight is 272 g/mol. The second kappa shape index (κ2) is 5.49. The number of hydrogen-bond acceptors (Lipinski definition) is 3. The van der Waals surface area contributed by atoms with Crippen LogP contribution in [0.25, 0.3) is 10.9 Å². The van der Waals surface area contributed by atoms with Gasteiger partial charge in [0, 0.05) is 19.0 Å². The summed E-state index contributed by atoms with van der Waals surface area (Å²) in [6.07, 6.45) is 0. The summed E-state index contributed by atoms with van der Waals surface area (Å²) >= 11 is 0. The first-order chi connectivity index (χ1) is 9.38. The molecule has 1 aromatic carbocycles. The smallest absolute Gasteiger partial charge is 0.308 e. The molecule has 2 aromatic rings. The van der Waals surface area contributed by atoms with Gasteiger partial charge >= 0.3 is 5.97 Å². The molecular formula is C16H20N2O2. The Morgan fingerprint density at radius 3 is 2.70 bits per heavy atom. The molecule has 0 aliphatic heterocycles. The standard InChI is InChI=1S/C16H20N2O2/c1-10-5-6-13-11(2)8-15(17-14(13)7-10)18(4)9-12(3)16(19)20/h5-8,12H,9H2,1-4H3,(H,19,20). The number of rotatable bonds is 4. The zero-order valence-electron chi connectivity index (χ0n) is 12.3. The second-order valence-corrected chi connectivity index (χ2v) is 5.44. The highest BCUT2D eigenvalue weighted by Crippen LogP contribution is 2.23. The molecule has 4 heteroatoms. The zero-order valence-corrected chi connectivity index (χ0v) is 12.3. The Hall–Kier alpha value is -2.10. The number of pyridine rings is 1. The van der Waals surface area contributed by atoms with E-state index in [0.717, 1.165) is 22.3 Å². The van der Waals surface area contributed by atoms with Crippen LogP contribution in [0.15, 0.2) is 24.3 Å². The summed E-state index contributed by atoms with van der Waals surface area (Å²) in [5.41, 5.74) is 3.28. The van der Waals surface area contributed by atoms with Gasteiger partial charge in [0.1, 0.15) is 5.82 Å². The van der Waals surface area contributed by atoms with Crippen LogP contribution in [-0.4, -0.2) is 29.7 Å². The van der Waals surface area contributed by atoms with Gasteiger partial charge in [-0.05, 0) is 37.1 Å². The molecule has 1 unspecified atom stereocenters. The highest BCUT2D eigenvalue weighted by Gasteiger charge is 2.15. The monoisotopic (exact) mass is 272 g/mol. The van der Waals surface area contributed by atoms with Crippen molar-refractivity contribution in [2.45, 2.75) is 20.8 Å². The molecule has 0 fully saturated rings. The van der Waals surface area contributed by atoms with Crippen LogP contribution >= 0.6 is 0 Å². The van der Waals surface area contributed by atoms with Gasteiger partial charge in [-0.2, -0.15) is 0 Å². The van der Waals surface area contributed by atoms with Crippen LogP contribution in [0, 0.1) is 19.8 Å². The van der Waals surface area contributed by atoms with Gasteiger partial charge in [0.05, 0.1) is 11.4 Å². The SMILES string of the molecule is Cc1ccc2c(C)cc(N(C)CC(C)C(=O)O)nc2c1. The Kier molecular flexibility index (Phi) is 3.93. The van der Waals surface area contributed by atoms with Gasteiger partial charge in [0.15, 0.2) is 0 Å². The van der Waals surface area contributed by atoms with Crippen LogP contribution in [-0.2, 0) is 4.79 Å². The lowest BCUT2D eigenvalue weighted by Crippen LogP contribution is -2.29. The molecule has 1 N–H and O–H groups in total. The van der Waals surface area contributed by atoms with E-state index in [-0.39, 0.29) is 0 Å². The van der Waals surface area contributed by atoms with Crippen LogP contribution in [0.5, 0.6) is 0 Å². The second-order valence-electron chi connectivity index (χ2n) is 5.44. The van der Waals surface area contributed by atoms with Crippen molar-refractivity contribution in [1.29, 1.82) is 0 Å². The molecule has 0 aliphatic carbocycles. The molecule has 1 heterocycles. The fourth-order valence-corrected chi connectivity index (χ4v) is 2.27. The van der Waals surface area contributed by atoms with Gasteiger partial charge in [-0.15, -0.1) is 0 Å². The third-order valence-electron chi connectivity index (χ3n) is 3.52. The number of benzene rings is 1. The average Bonchev–Trinajstić information content (AvgIpc) is 2.37. The number of carboxylic acid groups (broad SMARTS) is 1. The van der Waals surface area contributed by atoms with Gasteiger partial charge in [-0.3, -0.25) is 4.79 Å².